The Labute approximate surface area is 172 Å². The lowest BCUT2D eigenvalue weighted by atomic mass is 10.0. The molecule has 0 aliphatic rings. The molecule has 0 saturated heterocycles. The lowest BCUT2D eigenvalue weighted by molar-refractivity contribution is -0.124. The van der Waals surface area contributed by atoms with Gasteiger partial charge in [0, 0.05) is 17.8 Å². The fraction of sp³-hybridized carbons (Fsp3) is 0.286. The normalized spacial score (nSPS) is 13.1. The van der Waals surface area contributed by atoms with Crippen molar-refractivity contribution in [1.29, 1.82) is 0 Å². The maximum absolute atomic E-state index is 14.2. The van der Waals surface area contributed by atoms with Gasteiger partial charge in [0.05, 0.1) is 23.4 Å². The van der Waals surface area contributed by atoms with Crippen LogP contribution in [-0.4, -0.2) is 38.7 Å². The molecule has 2 amide bonds. The van der Waals surface area contributed by atoms with Gasteiger partial charge in [0.1, 0.15) is 23.7 Å². The third-order valence-corrected chi connectivity index (χ3v) is 4.92. The Hall–Kier alpha value is -3.46. The quantitative estimate of drug-likeness (QED) is 0.543. The number of nitrogens with two attached hydrogens (primary N) is 1. The lowest BCUT2D eigenvalue weighted by Crippen LogP contribution is -2.57. The maximum atomic E-state index is 14.2. The summed E-state index contributed by atoms with van der Waals surface area (Å²) in [5.74, 6) is -1.39. The molecule has 0 fully saturated rings. The number of nitrogens with one attached hydrogen (secondary N) is 1. The van der Waals surface area contributed by atoms with Crippen LogP contribution < -0.4 is 15.8 Å². The number of benzene rings is 1. The first-order chi connectivity index (χ1) is 14.2. The number of hydrogen-bond acceptors (Lipinski definition) is 5. The minimum absolute atomic E-state index is 0.0165. The highest BCUT2D eigenvalue weighted by atomic mass is 19.1. The van der Waals surface area contributed by atoms with Crippen LogP contribution in [-0.2, 0) is 11.4 Å². The van der Waals surface area contributed by atoms with Gasteiger partial charge in [0.25, 0.3) is 5.91 Å². The molecule has 2 aromatic heterocycles. The van der Waals surface area contributed by atoms with Crippen LogP contribution in [0.5, 0.6) is 5.75 Å². The van der Waals surface area contributed by atoms with Crippen molar-refractivity contribution in [3.05, 3.63) is 64.7 Å². The molecular formula is C21H23FN4O4. The Morgan fingerprint density at radius 3 is 2.73 bits per heavy atom. The highest BCUT2D eigenvalue weighted by Gasteiger charge is 2.33. The first-order valence-corrected chi connectivity index (χ1v) is 9.25. The SMILES string of the molecule is Cc1cccc(COc2ccn3nc(C)c(C(=O)NC(C)(CO)C(N)=O)c3c2)c1F. The van der Waals surface area contributed by atoms with Crippen molar-refractivity contribution in [2.45, 2.75) is 32.9 Å². The molecule has 2 heterocycles. The van der Waals surface area contributed by atoms with Crippen molar-refractivity contribution in [3.8, 4) is 5.75 Å². The molecule has 0 saturated carbocycles. The summed E-state index contributed by atoms with van der Waals surface area (Å²) in [6.07, 6.45) is 1.61. The minimum atomic E-state index is -1.62. The van der Waals surface area contributed by atoms with Gasteiger partial charge in [-0.1, -0.05) is 18.2 Å². The van der Waals surface area contributed by atoms with Crippen molar-refractivity contribution < 1.29 is 23.8 Å². The minimum Gasteiger partial charge on any atom is -0.489 e. The van der Waals surface area contributed by atoms with E-state index in [1.165, 1.54) is 11.4 Å². The number of pyridine rings is 1. The summed E-state index contributed by atoms with van der Waals surface area (Å²) in [6, 6.07) is 8.32. The Bertz CT molecular complexity index is 1130. The van der Waals surface area contributed by atoms with E-state index in [9.17, 15) is 19.1 Å². The molecule has 0 aliphatic carbocycles. The molecular weight excluding hydrogens is 391 g/mol. The standard InChI is InChI=1S/C21H23FN4O4/c1-12-5-4-6-14(18(12)22)10-30-15-7-8-26-16(9-15)17(13(2)25-26)19(28)24-21(3,11-27)20(23)29/h4-9,27H,10-11H2,1-3H3,(H2,23,29)(H,24,28). The summed E-state index contributed by atoms with van der Waals surface area (Å²) in [5, 5.41) is 16.2. The Kier molecular flexibility index (Phi) is 5.75. The highest BCUT2D eigenvalue weighted by molar-refractivity contribution is 6.04. The van der Waals surface area contributed by atoms with Gasteiger partial charge in [-0.15, -0.1) is 0 Å². The van der Waals surface area contributed by atoms with Crippen LogP contribution in [0.4, 0.5) is 4.39 Å². The molecule has 3 rings (SSSR count). The topological polar surface area (TPSA) is 119 Å². The molecule has 3 aromatic rings. The first kappa shape index (κ1) is 21.3. The van der Waals surface area contributed by atoms with Crippen LogP contribution in [0.25, 0.3) is 5.52 Å². The number of aryl methyl sites for hydroxylation is 2. The molecule has 8 nitrogen and oxygen atoms in total. The third kappa shape index (κ3) is 3.97. The van der Waals surface area contributed by atoms with E-state index >= 15 is 0 Å². The summed E-state index contributed by atoms with van der Waals surface area (Å²) in [5.41, 5.74) is 5.67. The van der Waals surface area contributed by atoms with Crippen LogP contribution in [0.3, 0.4) is 0 Å². The van der Waals surface area contributed by atoms with Crippen LogP contribution in [0.15, 0.2) is 36.5 Å². The summed E-state index contributed by atoms with van der Waals surface area (Å²) in [7, 11) is 0. The monoisotopic (exact) mass is 414 g/mol. The molecule has 158 valence electrons. The number of halogens is 1. The number of hydrogen-bond donors (Lipinski definition) is 3. The third-order valence-electron chi connectivity index (χ3n) is 4.92. The molecule has 1 unspecified atom stereocenters. The zero-order chi connectivity index (χ0) is 22.1. The van der Waals surface area contributed by atoms with Crippen molar-refractivity contribution >= 4 is 17.3 Å². The Morgan fingerprint density at radius 2 is 2.07 bits per heavy atom. The van der Waals surface area contributed by atoms with Gasteiger partial charge in [0.15, 0.2) is 0 Å². The summed E-state index contributed by atoms with van der Waals surface area (Å²) >= 11 is 0. The van der Waals surface area contributed by atoms with E-state index in [1.54, 1.807) is 50.4 Å². The zero-order valence-corrected chi connectivity index (χ0v) is 16.9. The van der Waals surface area contributed by atoms with E-state index in [0.717, 1.165) is 0 Å². The number of fused-ring (bicyclic) bond motifs is 1. The van der Waals surface area contributed by atoms with Crippen molar-refractivity contribution in [3.63, 3.8) is 0 Å². The fourth-order valence-corrected chi connectivity index (χ4v) is 2.99. The first-order valence-electron chi connectivity index (χ1n) is 9.25. The molecule has 1 atom stereocenters. The molecule has 0 radical (unpaired) electrons. The number of aliphatic hydroxyl groups excluding tert-OH is 1. The van der Waals surface area contributed by atoms with Crippen LogP contribution in [0.2, 0.25) is 0 Å². The predicted octanol–water partition coefficient (Wildman–Crippen LogP) is 1.64. The van der Waals surface area contributed by atoms with Crippen LogP contribution >= 0.6 is 0 Å². The van der Waals surface area contributed by atoms with Crippen molar-refractivity contribution in [1.82, 2.24) is 14.9 Å². The summed E-state index contributed by atoms with van der Waals surface area (Å²) in [6.45, 7) is 4.02. The molecule has 4 N–H and O–H groups in total. The molecule has 30 heavy (non-hydrogen) atoms. The number of primary amides is 1. The summed E-state index contributed by atoms with van der Waals surface area (Å²) < 4.78 is 21.4. The summed E-state index contributed by atoms with van der Waals surface area (Å²) in [4.78, 5) is 24.4. The number of carbonyl (C=O) groups is 2. The molecule has 0 bridgehead atoms. The fourth-order valence-electron chi connectivity index (χ4n) is 2.99. The van der Waals surface area contributed by atoms with Crippen molar-refractivity contribution in [2.75, 3.05) is 6.61 Å². The average molecular weight is 414 g/mol. The van der Waals surface area contributed by atoms with Crippen LogP contribution in [0, 0.1) is 19.7 Å². The zero-order valence-electron chi connectivity index (χ0n) is 16.9. The van der Waals surface area contributed by atoms with Gasteiger partial charge in [-0.3, -0.25) is 9.59 Å². The van der Waals surface area contributed by atoms with Gasteiger partial charge >= 0.3 is 0 Å². The number of amides is 2. The molecule has 0 spiro atoms. The predicted molar refractivity (Wildman–Crippen MR) is 108 cm³/mol. The number of ether oxygens (including phenoxy) is 1. The van der Waals surface area contributed by atoms with Gasteiger partial charge < -0.3 is 20.9 Å². The van der Waals surface area contributed by atoms with E-state index in [4.69, 9.17) is 10.5 Å². The molecule has 1 aromatic carbocycles. The van der Waals surface area contributed by atoms with E-state index < -0.39 is 24.0 Å². The smallest absolute Gasteiger partial charge is 0.256 e. The van der Waals surface area contributed by atoms with E-state index in [2.05, 4.69) is 10.4 Å². The van der Waals surface area contributed by atoms with Gasteiger partial charge in [-0.2, -0.15) is 5.10 Å². The Balaban J connectivity index is 1.90. The van der Waals surface area contributed by atoms with E-state index in [0.29, 0.717) is 28.1 Å². The second kappa shape index (κ2) is 8.11. The van der Waals surface area contributed by atoms with Crippen molar-refractivity contribution in [2.24, 2.45) is 5.73 Å². The van der Waals surface area contributed by atoms with Crippen LogP contribution in [0.1, 0.15) is 34.1 Å². The lowest BCUT2D eigenvalue weighted by Gasteiger charge is -2.24. The molecule has 9 heteroatoms. The number of rotatable bonds is 7. The van der Waals surface area contributed by atoms with Gasteiger partial charge in [-0.05, 0) is 32.4 Å². The van der Waals surface area contributed by atoms with Gasteiger partial charge in [-0.25, -0.2) is 8.91 Å². The van der Waals surface area contributed by atoms with E-state index in [1.807, 2.05) is 0 Å². The number of aliphatic hydroxyl groups is 1. The number of nitrogens with zero attached hydrogens (tertiary/aromatic N) is 2. The van der Waals surface area contributed by atoms with E-state index in [-0.39, 0.29) is 18.0 Å². The average Bonchev–Trinajstić information content (AvgIpc) is 3.03. The second-order valence-corrected chi connectivity index (χ2v) is 7.30. The van der Waals surface area contributed by atoms with Gasteiger partial charge in [0.2, 0.25) is 5.91 Å². The maximum Gasteiger partial charge on any atom is 0.256 e. The number of carbonyl (C=O) groups excluding carboxylic acids is 2. The molecule has 0 aliphatic heterocycles. The Morgan fingerprint density at radius 1 is 1.33 bits per heavy atom. The highest BCUT2D eigenvalue weighted by Crippen LogP contribution is 2.23. The second-order valence-electron chi connectivity index (χ2n) is 7.30. The largest absolute Gasteiger partial charge is 0.489 e. The number of aromatic nitrogens is 2.